The summed E-state index contributed by atoms with van der Waals surface area (Å²) >= 11 is 1.53. The Hall–Kier alpha value is -1.69. The summed E-state index contributed by atoms with van der Waals surface area (Å²) in [5, 5.41) is 4.87. The summed E-state index contributed by atoms with van der Waals surface area (Å²) in [7, 11) is 1.86. The van der Waals surface area contributed by atoms with Gasteiger partial charge in [-0.15, -0.1) is 0 Å². The van der Waals surface area contributed by atoms with E-state index in [0.717, 1.165) is 22.2 Å². The molecule has 2 N–H and O–H groups in total. The van der Waals surface area contributed by atoms with E-state index in [0.29, 0.717) is 12.3 Å². The summed E-state index contributed by atoms with van der Waals surface area (Å²) in [6.07, 6.45) is 2.49. The van der Waals surface area contributed by atoms with Gasteiger partial charge in [-0.3, -0.25) is 0 Å². The molecule has 0 saturated carbocycles. The maximum absolute atomic E-state index is 5.87. The number of aryl methyl sites for hydroxylation is 1. The first kappa shape index (κ1) is 12.8. The highest BCUT2D eigenvalue weighted by Gasteiger charge is 2.07. The molecule has 96 valence electrons. The SMILES string of the molecule is CCCOc1cc(Sc2ncnn2C)ccc1N. The third-order valence-corrected chi connectivity index (χ3v) is 3.37. The van der Waals surface area contributed by atoms with Crippen LogP contribution in [0.5, 0.6) is 5.75 Å². The highest BCUT2D eigenvalue weighted by atomic mass is 32.2. The maximum Gasteiger partial charge on any atom is 0.190 e. The van der Waals surface area contributed by atoms with Crippen LogP contribution in [0, 0.1) is 0 Å². The maximum atomic E-state index is 5.87. The molecule has 0 bridgehead atoms. The third kappa shape index (κ3) is 2.95. The molecule has 0 radical (unpaired) electrons. The number of ether oxygens (including phenoxy) is 1. The summed E-state index contributed by atoms with van der Waals surface area (Å²) in [4.78, 5) is 5.20. The Balaban J connectivity index is 2.16. The number of hydrogen-bond donors (Lipinski definition) is 1. The quantitative estimate of drug-likeness (QED) is 0.840. The van der Waals surface area contributed by atoms with E-state index in [-0.39, 0.29) is 0 Å². The minimum absolute atomic E-state index is 0.658. The first-order valence-corrected chi connectivity index (χ1v) is 6.56. The number of anilines is 1. The van der Waals surface area contributed by atoms with E-state index in [1.165, 1.54) is 18.1 Å². The second-order valence-corrected chi connectivity index (χ2v) is 4.86. The Bertz CT molecular complexity index is 527. The third-order valence-electron chi connectivity index (χ3n) is 2.33. The van der Waals surface area contributed by atoms with Crippen molar-refractivity contribution < 1.29 is 4.74 Å². The Morgan fingerprint density at radius 2 is 2.28 bits per heavy atom. The fraction of sp³-hybridized carbons (Fsp3) is 0.333. The van der Waals surface area contributed by atoms with Gasteiger partial charge >= 0.3 is 0 Å². The lowest BCUT2D eigenvalue weighted by molar-refractivity contribution is 0.318. The molecule has 0 saturated heterocycles. The predicted molar refractivity (Wildman–Crippen MR) is 71.8 cm³/mol. The first-order valence-electron chi connectivity index (χ1n) is 5.75. The molecule has 1 aromatic carbocycles. The van der Waals surface area contributed by atoms with Gasteiger partial charge in [0.05, 0.1) is 12.3 Å². The number of nitrogen functional groups attached to an aromatic ring is 1. The normalized spacial score (nSPS) is 10.6. The number of rotatable bonds is 5. The van der Waals surface area contributed by atoms with Crippen LogP contribution < -0.4 is 10.5 Å². The average molecular weight is 264 g/mol. The molecule has 0 fully saturated rings. The van der Waals surface area contributed by atoms with Crippen LogP contribution in [0.4, 0.5) is 5.69 Å². The largest absolute Gasteiger partial charge is 0.491 e. The van der Waals surface area contributed by atoms with Crippen molar-refractivity contribution >= 4 is 17.4 Å². The second kappa shape index (κ2) is 5.77. The van der Waals surface area contributed by atoms with E-state index in [9.17, 15) is 0 Å². The summed E-state index contributed by atoms with van der Waals surface area (Å²) in [6, 6.07) is 5.74. The molecule has 0 atom stereocenters. The van der Waals surface area contributed by atoms with Crippen molar-refractivity contribution in [1.29, 1.82) is 0 Å². The molecule has 0 spiro atoms. The van der Waals surface area contributed by atoms with E-state index in [1.54, 1.807) is 4.68 Å². The van der Waals surface area contributed by atoms with Crippen LogP contribution >= 0.6 is 11.8 Å². The van der Waals surface area contributed by atoms with Crippen LogP contribution in [0.15, 0.2) is 34.6 Å². The summed E-state index contributed by atoms with van der Waals surface area (Å²) in [5.74, 6) is 0.726. The van der Waals surface area contributed by atoms with Crippen molar-refractivity contribution in [2.75, 3.05) is 12.3 Å². The van der Waals surface area contributed by atoms with Crippen LogP contribution in [-0.2, 0) is 7.05 Å². The molecule has 1 aromatic heterocycles. The standard InChI is InChI=1S/C12H16N4OS/c1-3-6-17-11-7-9(4-5-10(11)13)18-12-14-8-15-16(12)2/h4-5,7-8H,3,6,13H2,1-2H3. The van der Waals surface area contributed by atoms with Crippen molar-refractivity contribution in [2.24, 2.45) is 7.05 Å². The van der Waals surface area contributed by atoms with Crippen molar-refractivity contribution in [3.05, 3.63) is 24.5 Å². The van der Waals surface area contributed by atoms with Gasteiger partial charge in [-0.05, 0) is 24.6 Å². The molecule has 18 heavy (non-hydrogen) atoms. The smallest absolute Gasteiger partial charge is 0.190 e. The van der Waals surface area contributed by atoms with Gasteiger partial charge in [-0.1, -0.05) is 18.7 Å². The van der Waals surface area contributed by atoms with E-state index in [4.69, 9.17) is 10.5 Å². The molecule has 2 aromatic rings. The van der Waals surface area contributed by atoms with Crippen LogP contribution in [-0.4, -0.2) is 21.4 Å². The van der Waals surface area contributed by atoms with Gasteiger partial charge in [0, 0.05) is 11.9 Å². The molecule has 5 nitrogen and oxygen atoms in total. The molecule has 2 rings (SSSR count). The molecule has 0 amide bonds. The van der Waals surface area contributed by atoms with Gasteiger partial charge in [0.1, 0.15) is 12.1 Å². The van der Waals surface area contributed by atoms with Crippen molar-refractivity contribution in [1.82, 2.24) is 14.8 Å². The van der Waals surface area contributed by atoms with E-state index in [1.807, 2.05) is 25.2 Å². The molecular formula is C12H16N4OS. The van der Waals surface area contributed by atoms with E-state index < -0.39 is 0 Å². The van der Waals surface area contributed by atoms with Gasteiger partial charge in [-0.2, -0.15) is 5.10 Å². The first-order chi connectivity index (χ1) is 8.70. The zero-order valence-electron chi connectivity index (χ0n) is 10.5. The zero-order valence-corrected chi connectivity index (χ0v) is 11.3. The molecule has 6 heteroatoms. The lowest BCUT2D eigenvalue weighted by Crippen LogP contribution is -1.99. The number of aromatic nitrogens is 3. The van der Waals surface area contributed by atoms with Crippen LogP contribution in [0.1, 0.15) is 13.3 Å². The topological polar surface area (TPSA) is 66.0 Å². The molecule has 0 unspecified atom stereocenters. The van der Waals surface area contributed by atoms with E-state index in [2.05, 4.69) is 17.0 Å². The second-order valence-electron chi connectivity index (χ2n) is 3.82. The lowest BCUT2D eigenvalue weighted by Gasteiger charge is -2.09. The van der Waals surface area contributed by atoms with Gasteiger partial charge in [0.15, 0.2) is 5.16 Å². The Morgan fingerprint density at radius 3 is 2.94 bits per heavy atom. The molecular weight excluding hydrogens is 248 g/mol. The fourth-order valence-electron chi connectivity index (χ4n) is 1.40. The van der Waals surface area contributed by atoms with Crippen LogP contribution in [0.25, 0.3) is 0 Å². The Morgan fingerprint density at radius 1 is 1.44 bits per heavy atom. The van der Waals surface area contributed by atoms with E-state index >= 15 is 0 Å². The van der Waals surface area contributed by atoms with Gasteiger partial charge < -0.3 is 10.5 Å². The minimum atomic E-state index is 0.658. The summed E-state index contributed by atoms with van der Waals surface area (Å²) < 4.78 is 7.32. The monoisotopic (exact) mass is 264 g/mol. The Labute approximate surface area is 110 Å². The van der Waals surface area contributed by atoms with Gasteiger partial charge in [0.2, 0.25) is 0 Å². The number of hydrogen-bond acceptors (Lipinski definition) is 5. The molecule has 0 aliphatic heterocycles. The fourth-order valence-corrected chi connectivity index (χ4v) is 2.19. The van der Waals surface area contributed by atoms with Crippen molar-refractivity contribution in [3.63, 3.8) is 0 Å². The van der Waals surface area contributed by atoms with Crippen LogP contribution in [0.2, 0.25) is 0 Å². The number of nitrogens with zero attached hydrogens (tertiary/aromatic N) is 3. The predicted octanol–water partition coefficient (Wildman–Crippen LogP) is 2.34. The Kier molecular flexibility index (Phi) is 4.09. The molecule has 1 heterocycles. The molecule has 0 aliphatic rings. The van der Waals surface area contributed by atoms with Gasteiger partial charge in [0.25, 0.3) is 0 Å². The van der Waals surface area contributed by atoms with Crippen molar-refractivity contribution in [3.8, 4) is 5.75 Å². The lowest BCUT2D eigenvalue weighted by atomic mass is 10.3. The number of nitrogens with two attached hydrogens (primary N) is 1. The van der Waals surface area contributed by atoms with Gasteiger partial charge in [-0.25, -0.2) is 9.67 Å². The highest BCUT2D eigenvalue weighted by molar-refractivity contribution is 7.99. The summed E-state index contributed by atoms with van der Waals surface area (Å²) in [6.45, 7) is 2.73. The average Bonchev–Trinajstić information content (AvgIpc) is 2.76. The van der Waals surface area contributed by atoms with Crippen LogP contribution in [0.3, 0.4) is 0 Å². The zero-order chi connectivity index (χ0) is 13.0. The minimum Gasteiger partial charge on any atom is -0.491 e. The molecule has 0 aliphatic carbocycles. The summed E-state index contributed by atoms with van der Waals surface area (Å²) in [5.41, 5.74) is 6.52. The highest BCUT2D eigenvalue weighted by Crippen LogP contribution is 2.31. The van der Waals surface area contributed by atoms with Crippen molar-refractivity contribution in [2.45, 2.75) is 23.4 Å². The number of benzene rings is 1.